The number of aliphatic hydroxyl groups excluding tert-OH is 1. The Bertz CT molecular complexity index is 1220. The van der Waals surface area contributed by atoms with Crippen molar-refractivity contribution in [3.63, 3.8) is 0 Å². The lowest BCUT2D eigenvalue weighted by molar-refractivity contribution is -0.0107. The maximum atomic E-state index is 13.6. The molecule has 2 N–H and O–H groups in total. The van der Waals surface area contributed by atoms with Crippen molar-refractivity contribution >= 4 is 11.0 Å². The van der Waals surface area contributed by atoms with Gasteiger partial charge < -0.3 is 10.1 Å². The molecule has 1 fully saturated rings. The molecule has 1 aliphatic rings. The third-order valence-electron chi connectivity index (χ3n) is 6.11. The van der Waals surface area contributed by atoms with Gasteiger partial charge in [-0.1, -0.05) is 13.8 Å². The number of nitrogens with one attached hydrogen (secondary N) is 1. The van der Waals surface area contributed by atoms with Crippen LogP contribution in [0.25, 0.3) is 22.2 Å². The Morgan fingerprint density at radius 3 is 2.26 bits per heavy atom. The summed E-state index contributed by atoms with van der Waals surface area (Å²) in [4.78, 5) is 13.0. The molecular formula is C26H27F3N4O. The second-order valence-electron chi connectivity index (χ2n) is 8.87. The highest BCUT2D eigenvalue weighted by molar-refractivity contribution is 5.93. The normalized spacial score (nSPS) is 20.7. The van der Waals surface area contributed by atoms with Gasteiger partial charge in [0.2, 0.25) is 0 Å². The zero-order valence-electron chi connectivity index (χ0n) is 19.0. The molecule has 2 unspecified atom stereocenters. The monoisotopic (exact) mass is 468 g/mol. The number of halogens is 3. The number of fused-ring (bicyclic) bond motifs is 1. The lowest BCUT2D eigenvalue weighted by Gasteiger charge is -2.38. The molecule has 5 rings (SSSR count). The molecule has 2 atom stereocenters. The molecule has 1 saturated heterocycles. The summed E-state index contributed by atoms with van der Waals surface area (Å²) in [7, 11) is 0. The number of piperidine rings is 1. The zero-order valence-corrected chi connectivity index (χ0v) is 19.0. The van der Waals surface area contributed by atoms with Crippen LogP contribution in [0.5, 0.6) is 0 Å². The Kier molecular flexibility index (Phi) is 7.29. The Labute approximate surface area is 196 Å². The van der Waals surface area contributed by atoms with E-state index < -0.39 is 17.5 Å². The summed E-state index contributed by atoms with van der Waals surface area (Å²) in [5, 5.41) is 10.1. The molecule has 178 valence electrons. The Hall–Kier alpha value is -3.23. The quantitative estimate of drug-likeness (QED) is 0.435. The molecule has 0 spiro atoms. The molecule has 0 aliphatic carbocycles. The molecule has 0 saturated carbocycles. The van der Waals surface area contributed by atoms with Gasteiger partial charge in [0.1, 0.15) is 17.3 Å². The molecule has 34 heavy (non-hydrogen) atoms. The number of hydrogen-bond acceptors (Lipinski definition) is 4. The molecule has 0 radical (unpaired) electrons. The number of aliphatic hydroxyl groups is 1. The molecule has 3 aromatic heterocycles. The highest BCUT2D eigenvalue weighted by Crippen LogP contribution is 2.30. The van der Waals surface area contributed by atoms with Gasteiger partial charge in [0, 0.05) is 50.5 Å². The van der Waals surface area contributed by atoms with Crippen molar-refractivity contribution < 1.29 is 18.3 Å². The maximum absolute atomic E-state index is 13.6. The fraction of sp³-hybridized carbons (Fsp3) is 0.308. The third kappa shape index (κ3) is 5.46. The van der Waals surface area contributed by atoms with Crippen LogP contribution in [0.1, 0.15) is 19.4 Å². The molecule has 1 aromatic carbocycles. The van der Waals surface area contributed by atoms with Crippen molar-refractivity contribution in [2.75, 3.05) is 13.1 Å². The summed E-state index contributed by atoms with van der Waals surface area (Å²) in [6.45, 7) is 7.17. The predicted octanol–water partition coefficient (Wildman–Crippen LogP) is 5.18. The Balaban J connectivity index is 0.000000162. The minimum Gasteiger partial charge on any atom is -0.392 e. The van der Waals surface area contributed by atoms with Gasteiger partial charge in [-0.3, -0.25) is 9.88 Å². The summed E-state index contributed by atoms with van der Waals surface area (Å²) in [6.07, 6.45) is 6.14. The van der Waals surface area contributed by atoms with Gasteiger partial charge in [-0.25, -0.2) is 18.2 Å². The van der Waals surface area contributed by atoms with Gasteiger partial charge in [-0.2, -0.15) is 0 Å². The topological polar surface area (TPSA) is 65.0 Å². The molecule has 4 heterocycles. The number of nitrogens with zero attached hydrogens (tertiary/aromatic N) is 3. The second-order valence-corrected chi connectivity index (χ2v) is 8.87. The van der Waals surface area contributed by atoms with Gasteiger partial charge in [0.15, 0.2) is 5.82 Å². The summed E-state index contributed by atoms with van der Waals surface area (Å²) < 4.78 is 40.0. The lowest BCUT2D eigenvalue weighted by atomic mass is 9.88. The number of hydrogen-bond donors (Lipinski definition) is 2. The lowest BCUT2D eigenvalue weighted by Crippen LogP contribution is -2.46. The second kappa shape index (κ2) is 10.4. The van der Waals surface area contributed by atoms with Crippen LogP contribution in [-0.4, -0.2) is 44.2 Å². The van der Waals surface area contributed by atoms with E-state index in [0.29, 0.717) is 23.0 Å². The van der Waals surface area contributed by atoms with Gasteiger partial charge in [0.05, 0.1) is 11.5 Å². The van der Waals surface area contributed by atoms with Crippen LogP contribution >= 0.6 is 0 Å². The molecule has 0 amide bonds. The smallest absolute Gasteiger partial charge is 0.150 e. The minimum atomic E-state index is -0.703. The zero-order chi connectivity index (χ0) is 24.2. The van der Waals surface area contributed by atoms with Gasteiger partial charge >= 0.3 is 0 Å². The average Bonchev–Trinajstić information content (AvgIpc) is 3.19. The molecule has 8 heteroatoms. The van der Waals surface area contributed by atoms with E-state index in [1.807, 2.05) is 12.4 Å². The van der Waals surface area contributed by atoms with Crippen LogP contribution in [0.2, 0.25) is 0 Å². The van der Waals surface area contributed by atoms with E-state index in [0.717, 1.165) is 44.0 Å². The van der Waals surface area contributed by atoms with Crippen molar-refractivity contribution in [1.29, 1.82) is 0 Å². The fourth-order valence-corrected chi connectivity index (χ4v) is 4.51. The van der Waals surface area contributed by atoms with Gasteiger partial charge in [-0.05, 0) is 58.9 Å². The summed E-state index contributed by atoms with van der Waals surface area (Å²) >= 11 is 0. The fourth-order valence-electron chi connectivity index (χ4n) is 4.51. The van der Waals surface area contributed by atoms with Crippen LogP contribution < -0.4 is 0 Å². The highest BCUT2D eigenvalue weighted by atomic mass is 19.1. The van der Waals surface area contributed by atoms with Gasteiger partial charge in [0.25, 0.3) is 0 Å². The Morgan fingerprint density at radius 1 is 0.971 bits per heavy atom. The van der Waals surface area contributed by atoms with Crippen LogP contribution in [0.15, 0.2) is 61.2 Å². The van der Waals surface area contributed by atoms with E-state index in [9.17, 15) is 18.3 Å². The first-order chi connectivity index (χ1) is 16.3. The summed E-state index contributed by atoms with van der Waals surface area (Å²) in [6, 6.07) is 8.72. The first-order valence-corrected chi connectivity index (χ1v) is 11.2. The number of aromatic amines is 1. The van der Waals surface area contributed by atoms with Crippen molar-refractivity contribution in [3.8, 4) is 11.1 Å². The third-order valence-corrected chi connectivity index (χ3v) is 6.11. The molecule has 1 aliphatic heterocycles. The van der Waals surface area contributed by atoms with E-state index >= 15 is 0 Å². The van der Waals surface area contributed by atoms with Crippen LogP contribution in [0.3, 0.4) is 0 Å². The van der Waals surface area contributed by atoms with E-state index in [-0.39, 0.29) is 17.1 Å². The number of benzene rings is 1. The highest BCUT2D eigenvalue weighted by Gasteiger charge is 2.30. The van der Waals surface area contributed by atoms with E-state index in [2.05, 4.69) is 45.8 Å². The predicted molar refractivity (Wildman–Crippen MR) is 125 cm³/mol. The van der Waals surface area contributed by atoms with Crippen molar-refractivity contribution in [3.05, 3.63) is 84.2 Å². The number of likely N-dealkylation sites (tertiary alicyclic amines) is 1. The van der Waals surface area contributed by atoms with E-state index in [1.54, 1.807) is 0 Å². The first-order valence-electron chi connectivity index (χ1n) is 11.2. The van der Waals surface area contributed by atoms with Crippen LogP contribution in [0.4, 0.5) is 13.2 Å². The van der Waals surface area contributed by atoms with Crippen molar-refractivity contribution in [2.24, 2.45) is 11.8 Å². The molecule has 5 nitrogen and oxygen atoms in total. The van der Waals surface area contributed by atoms with E-state index in [1.165, 1.54) is 17.8 Å². The summed E-state index contributed by atoms with van der Waals surface area (Å²) in [5.74, 6) is -1.18. The van der Waals surface area contributed by atoms with E-state index in [4.69, 9.17) is 0 Å². The first kappa shape index (κ1) is 23.9. The largest absolute Gasteiger partial charge is 0.392 e. The number of aromatic nitrogens is 3. The SMILES string of the molecule is CC1CN(Cc2ccncc2)CC(C)C1O.Fc1cc(F)cc(-c2ccnc3[nH]cc(F)c23)c1. The van der Waals surface area contributed by atoms with Crippen molar-refractivity contribution in [1.82, 2.24) is 19.9 Å². The Morgan fingerprint density at radius 2 is 1.62 bits per heavy atom. The average molecular weight is 469 g/mol. The summed E-state index contributed by atoms with van der Waals surface area (Å²) in [5.41, 5.74) is 2.32. The number of rotatable bonds is 3. The standard InChI is InChI=1S/C13H7F3N2.C13H20N2O/c14-8-3-7(4-9(15)5-8)10-1-2-17-13-12(10)11(16)6-18-13;1-10-7-15(8-11(2)13(10)16)9-12-3-5-14-6-4-12/h1-6H,(H,17,18);3-6,10-11,13,16H,7-9H2,1-2H3. The molecule has 4 aromatic rings. The minimum absolute atomic E-state index is 0.145. The maximum Gasteiger partial charge on any atom is 0.150 e. The van der Waals surface area contributed by atoms with Crippen LogP contribution in [-0.2, 0) is 6.54 Å². The van der Waals surface area contributed by atoms with Gasteiger partial charge in [-0.15, -0.1) is 0 Å². The molecular weight excluding hydrogens is 441 g/mol. The number of H-pyrrole nitrogens is 1. The number of pyridine rings is 2. The van der Waals surface area contributed by atoms with Crippen LogP contribution in [0, 0.1) is 29.3 Å². The van der Waals surface area contributed by atoms with Crippen molar-refractivity contribution in [2.45, 2.75) is 26.5 Å². The molecule has 0 bridgehead atoms.